The smallest absolute Gasteiger partial charge is 0.263 e. The number of hydrogen-bond donors (Lipinski definition) is 1. The van der Waals surface area contributed by atoms with Crippen molar-refractivity contribution in [2.24, 2.45) is 0 Å². The number of aromatic nitrogens is 1. The van der Waals surface area contributed by atoms with Crippen LogP contribution in [0, 0.1) is 12.7 Å². The highest BCUT2D eigenvalue weighted by atomic mass is 32.1. The molecule has 1 N–H and O–H groups in total. The third kappa shape index (κ3) is 2.19. The lowest BCUT2D eigenvalue weighted by Gasteiger charge is -1.96. The molecule has 0 radical (unpaired) electrons. The predicted molar refractivity (Wildman–Crippen MR) is 65.6 cm³/mol. The van der Waals surface area contributed by atoms with Crippen LogP contribution in [0.2, 0.25) is 0 Å². The van der Waals surface area contributed by atoms with Gasteiger partial charge in [0.25, 0.3) is 5.91 Å². The molecule has 1 amide bonds. The number of amides is 1. The van der Waals surface area contributed by atoms with E-state index in [9.17, 15) is 9.18 Å². The molecule has 0 bridgehead atoms. The van der Waals surface area contributed by atoms with Gasteiger partial charge in [-0.3, -0.25) is 4.79 Å². The number of carbonyl (C=O) groups excluding carboxylic acids is 1. The number of carbonyl (C=O) groups is 1. The van der Waals surface area contributed by atoms with Crippen molar-refractivity contribution in [3.05, 3.63) is 40.7 Å². The van der Waals surface area contributed by atoms with Gasteiger partial charge >= 0.3 is 0 Å². The Labute approximate surface area is 102 Å². The van der Waals surface area contributed by atoms with E-state index >= 15 is 0 Å². The van der Waals surface area contributed by atoms with E-state index in [0.29, 0.717) is 21.1 Å². The van der Waals surface area contributed by atoms with E-state index in [0.717, 1.165) is 0 Å². The Morgan fingerprint density at radius 1 is 1.41 bits per heavy atom. The van der Waals surface area contributed by atoms with Crippen LogP contribution >= 0.6 is 11.3 Å². The first-order chi connectivity index (χ1) is 8.13. The Hall–Kier alpha value is -1.75. The van der Waals surface area contributed by atoms with Crippen LogP contribution in [0.3, 0.4) is 0 Å². The van der Waals surface area contributed by atoms with E-state index in [2.05, 4.69) is 10.3 Å². The summed E-state index contributed by atoms with van der Waals surface area (Å²) in [6.07, 6.45) is 0. The van der Waals surface area contributed by atoms with Crippen LogP contribution in [0.25, 0.3) is 10.6 Å². The second-order valence-corrected chi connectivity index (χ2v) is 4.49. The molecule has 0 saturated carbocycles. The molecular weight excluding hydrogens is 239 g/mol. The Morgan fingerprint density at radius 3 is 2.76 bits per heavy atom. The Bertz CT molecular complexity index is 565. The standard InChI is InChI=1S/C12H11FN2OS/c1-7-10(11(16)14-2)17-12(15-7)8-5-3-4-6-9(8)13/h3-6H,1-2H3,(H,14,16). The third-order valence-electron chi connectivity index (χ3n) is 2.33. The largest absolute Gasteiger partial charge is 0.354 e. The second kappa shape index (κ2) is 4.63. The summed E-state index contributed by atoms with van der Waals surface area (Å²) in [6.45, 7) is 1.74. The number of halogens is 1. The van der Waals surface area contributed by atoms with Crippen molar-refractivity contribution in [2.75, 3.05) is 7.05 Å². The zero-order valence-corrected chi connectivity index (χ0v) is 10.3. The van der Waals surface area contributed by atoms with Gasteiger partial charge in [0.2, 0.25) is 0 Å². The third-order valence-corrected chi connectivity index (χ3v) is 3.52. The van der Waals surface area contributed by atoms with Gasteiger partial charge < -0.3 is 5.32 Å². The molecule has 0 aliphatic rings. The maximum Gasteiger partial charge on any atom is 0.263 e. The first-order valence-electron chi connectivity index (χ1n) is 5.08. The first-order valence-corrected chi connectivity index (χ1v) is 5.89. The summed E-state index contributed by atoms with van der Waals surface area (Å²) >= 11 is 1.20. The molecule has 2 rings (SSSR count). The van der Waals surface area contributed by atoms with Crippen LogP contribution in [-0.4, -0.2) is 17.9 Å². The number of rotatable bonds is 2. The van der Waals surface area contributed by atoms with Gasteiger partial charge in [-0.25, -0.2) is 9.37 Å². The molecule has 1 aromatic heterocycles. The average Bonchev–Trinajstić information content (AvgIpc) is 2.71. The van der Waals surface area contributed by atoms with Crippen LogP contribution in [0.5, 0.6) is 0 Å². The van der Waals surface area contributed by atoms with Crippen molar-refractivity contribution < 1.29 is 9.18 Å². The normalized spacial score (nSPS) is 10.3. The van der Waals surface area contributed by atoms with E-state index in [1.165, 1.54) is 17.4 Å². The van der Waals surface area contributed by atoms with Crippen molar-refractivity contribution in [3.63, 3.8) is 0 Å². The molecule has 0 atom stereocenters. The maximum atomic E-state index is 13.6. The lowest BCUT2D eigenvalue weighted by Crippen LogP contribution is -2.17. The summed E-state index contributed by atoms with van der Waals surface area (Å²) in [5.41, 5.74) is 1.04. The van der Waals surface area contributed by atoms with Gasteiger partial charge in [-0.2, -0.15) is 0 Å². The van der Waals surface area contributed by atoms with Gasteiger partial charge in [0, 0.05) is 12.6 Å². The number of nitrogens with one attached hydrogen (secondary N) is 1. The van der Waals surface area contributed by atoms with Gasteiger partial charge in [0.05, 0.1) is 5.69 Å². The Morgan fingerprint density at radius 2 is 2.12 bits per heavy atom. The zero-order valence-electron chi connectivity index (χ0n) is 9.45. The summed E-state index contributed by atoms with van der Waals surface area (Å²) in [5, 5.41) is 3.07. The fourth-order valence-electron chi connectivity index (χ4n) is 1.47. The number of nitrogens with zero attached hydrogens (tertiary/aromatic N) is 1. The molecule has 0 saturated heterocycles. The minimum absolute atomic E-state index is 0.192. The number of thiazole rings is 1. The van der Waals surface area contributed by atoms with Gasteiger partial charge in [-0.15, -0.1) is 11.3 Å². The predicted octanol–water partition coefficient (Wildman–Crippen LogP) is 2.62. The fraction of sp³-hybridized carbons (Fsp3) is 0.167. The molecule has 1 aromatic carbocycles. The van der Waals surface area contributed by atoms with Crippen molar-refractivity contribution in [2.45, 2.75) is 6.92 Å². The van der Waals surface area contributed by atoms with Gasteiger partial charge in [0.15, 0.2) is 0 Å². The van der Waals surface area contributed by atoms with E-state index in [4.69, 9.17) is 0 Å². The highest BCUT2D eigenvalue weighted by Crippen LogP contribution is 2.29. The van der Waals surface area contributed by atoms with Crippen LogP contribution in [0.15, 0.2) is 24.3 Å². The van der Waals surface area contributed by atoms with E-state index < -0.39 is 0 Å². The lowest BCUT2D eigenvalue weighted by molar-refractivity contribution is 0.0966. The van der Waals surface area contributed by atoms with Gasteiger partial charge in [0.1, 0.15) is 15.7 Å². The molecule has 5 heteroatoms. The summed E-state index contributed by atoms with van der Waals surface area (Å²) in [7, 11) is 1.56. The Kier molecular flexibility index (Phi) is 3.19. The van der Waals surface area contributed by atoms with Crippen LogP contribution in [-0.2, 0) is 0 Å². The van der Waals surface area contributed by atoms with Crippen LogP contribution in [0.1, 0.15) is 15.4 Å². The van der Waals surface area contributed by atoms with Crippen LogP contribution < -0.4 is 5.32 Å². The molecule has 0 spiro atoms. The van der Waals surface area contributed by atoms with Crippen LogP contribution in [0.4, 0.5) is 4.39 Å². The summed E-state index contributed by atoms with van der Waals surface area (Å²) in [4.78, 5) is 16.3. The maximum absolute atomic E-state index is 13.6. The Balaban J connectivity index is 2.49. The van der Waals surface area contributed by atoms with Crippen molar-refractivity contribution in [1.29, 1.82) is 0 Å². The number of hydrogen-bond acceptors (Lipinski definition) is 3. The highest BCUT2D eigenvalue weighted by Gasteiger charge is 2.16. The second-order valence-electron chi connectivity index (χ2n) is 3.49. The molecule has 2 aromatic rings. The first kappa shape index (κ1) is 11.7. The van der Waals surface area contributed by atoms with E-state index in [1.807, 2.05) is 0 Å². The van der Waals surface area contributed by atoms with E-state index in [1.54, 1.807) is 32.2 Å². The number of benzene rings is 1. The monoisotopic (exact) mass is 250 g/mol. The lowest BCUT2D eigenvalue weighted by atomic mass is 10.2. The molecule has 3 nitrogen and oxygen atoms in total. The minimum atomic E-state index is -0.329. The molecular formula is C12H11FN2OS. The fourth-order valence-corrected chi connectivity index (χ4v) is 2.51. The molecule has 1 heterocycles. The summed E-state index contributed by atoms with van der Waals surface area (Å²) in [6, 6.07) is 6.40. The molecule has 0 unspecified atom stereocenters. The van der Waals surface area contributed by atoms with Crippen molar-refractivity contribution >= 4 is 17.2 Å². The molecule has 0 aliphatic carbocycles. The SMILES string of the molecule is CNC(=O)c1sc(-c2ccccc2F)nc1C. The zero-order chi connectivity index (χ0) is 12.4. The number of aryl methyl sites for hydroxylation is 1. The topological polar surface area (TPSA) is 42.0 Å². The molecule has 17 heavy (non-hydrogen) atoms. The van der Waals surface area contributed by atoms with Gasteiger partial charge in [-0.1, -0.05) is 12.1 Å². The quantitative estimate of drug-likeness (QED) is 0.890. The van der Waals surface area contributed by atoms with Crippen molar-refractivity contribution in [1.82, 2.24) is 10.3 Å². The van der Waals surface area contributed by atoms with E-state index in [-0.39, 0.29) is 11.7 Å². The summed E-state index contributed by atoms with van der Waals surface area (Å²) < 4.78 is 13.6. The molecule has 0 aliphatic heterocycles. The molecule has 88 valence electrons. The van der Waals surface area contributed by atoms with Crippen molar-refractivity contribution in [3.8, 4) is 10.6 Å². The molecule has 0 fully saturated rings. The van der Waals surface area contributed by atoms with Gasteiger partial charge in [-0.05, 0) is 19.1 Å². The average molecular weight is 250 g/mol. The summed E-state index contributed by atoms with van der Waals surface area (Å²) in [5.74, 6) is -0.521. The highest BCUT2D eigenvalue weighted by molar-refractivity contribution is 7.17. The minimum Gasteiger partial charge on any atom is -0.354 e.